The predicted molar refractivity (Wildman–Crippen MR) is 73.9 cm³/mol. The Morgan fingerprint density at radius 1 is 1.33 bits per heavy atom. The van der Waals surface area contributed by atoms with Crippen LogP contribution in [0, 0.1) is 0 Å². The van der Waals surface area contributed by atoms with Crippen LogP contribution < -0.4 is 5.32 Å². The monoisotopic (exact) mass is 289 g/mol. The zero-order valence-corrected chi connectivity index (χ0v) is 11.4. The molecule has 0 aliphatic heterocycles. The van der Waals surface area contributed by atoms with Crippen LogP contribution in [0.15, 0.2) is 42.6 Å². The molecule has 1 aromatic heterocycles. The zero-order chi connectivity index (χ0) is 15.2. The lowest BCUT2D eigenvalue weighted by molar-refractivity contribution is -0.149. The number of aliphatic hydroxyl groups excluding tert-OH is 1. The number of ether oxygens (including phenoxy) is 1. The summed E-state index contributed by atoms with van der Waals surface area (Å²) >= 11 is 0. The average Bonchev–Trinajstić information content (AvgIpc) is 3.02. The number of aromatic nitrogens is 2. The van der Waals surface area contributed by atoms with Crippen LogP contribution in [0.2, 0.25) is 0 Å². The van der Waals surface area contributed by atoms with Crippen LogP contribution in [-0.2, 0) is 9.53 Å². The lowest BCUT2D eigenvalue weighted by Crippen LogP contribution is -2.37. The molecule has 2 rings (SSSR count). The van der Waals surface area contributed by atoms with Crippen molar-refractivity contribution in [1.82, 2.24) is 15.1 Å². The minimum atomic E-state index is -1.39. The first kappa shape index (κ1) is 14.7. The number of rotatable bonds is 5. The molecule has 1 heterocycles. The van der Waals surface area contributed by atoms with E-state index in [0.717, 1.165) is 12.8 Å². The summed E-state index contributed by atoms with van der Waals surface area (Å²) < 4.78 is 5.91. The van der Waals surface area contributed by atoms with E-state index < -0.39 is 18.0 Å². The normalized spacial score (nSPS) is 11.7. The maximum Gasteiger partial charge on any atom is 0.336 e. The molecule has 1 atom stereocenters. The average molecular weight is 289 g/mol. The molecule has 1 aromatic carbocycles. The molecule has 0 bridgehead atoms. The van der Waals surface area contributed by atoms with Crippen molar-refractivity contribution in [2.24, 2.45) is 0 Å². The Morgan fingerprint density at radius 2 is 2.05 bits per heavy atom. The van der Waals surface area contributed by atoms with Crippen LogP contribution in [-0.4, -0.2) is 46.5 Å². The van der Waals surface area contributed by atoms with E-state index in [4.69, 9.17) is 0 Å². The number of hydrogen-bond acceptors (Lipinski definition) is 5. The number of hydrogen-bond donors (Lipinski definition) is 2. The summed E-state index contributed by atoms with van der Waals surface area (Å²) in [6.45, 7) is -0.232. The minimum absolute atomic E-state index is 0.191. The summed E-state index contributed by atoms with van der Waals surface area (Å²) in [6, 6.07) is 10.9. The van der Waals surface area contributed by atoms with Crippen molar-refractivity contribution in [2.45, 2.75) is 6.10 Å². The van der Waals surface area contributed by atoms with Gasteiger partial charge in [0.05, 0.1) is 19.3 Å². The molecule has 0 saturated carbocycles. The van der Waals surface area contributed by atoms with Gasteiger partial charge in [-0.1, -0.05) is 18.2 Å². The maximum atomic E-state index is 11.9. The molecule has 7 heteroatoms. The second kappa shape index (κ2) is 6.67. The third-order valence-electron chi connectivity index (χ3n) is 2.77. The van der Waals surface area contributed by atoms with Gasteiger partial charge in [0.1, 0.15) is 0 Å². The van der Waals surface area contributed by atoms with Gasteiger partial charge in [-0.15, -0.1) is 0 Å². The highest BCUT2D eigenvalue weighted by molar-refractivity contribution is 5.92. The van der Waals surface area contributed by atoms with E-state index in [1.54, 1.807) is 16.9 Å². The van der Waals surface area contributed by atoms with Crippen LogP contribution in [0.1, 0.15) is 10.5 Å². The number of aliphatic hydroxyl groups is 1. The summed E-state index contributed by atoms with van der Waals surface area (Å²) in [6.07, 6.45) is 0.260. The first-order valence-corrected chi connectivity index (χ1v) is 6.27. The van der Waals surface area contributed by atoms with E-state index in [1.807, 2.05) is 30.3 Å². The number of esters is 1. The topological polar surface area (TPSA) is 93.5 Å². The van der Waals surface area contributed by atoms with Crippen LogP contribution >= 0.6 is 0 Å². The van der Waals surface area contributed by atoms with E-state index in [1.165, 1.54) is 0 Å². The van der Waals surface area contributed by atoms with Gasteiger partial charge in [-0.25, -0.2) is 9.48 Å². The molecule has 21 heavy (non-hydrogen) atoms. The lowest BCUT2D eigenvalue weighted by Gasteiger charge is -2.08. The third kappa shape index (κ3) is 3.67. The largest absolute Gasteiger partial charge is 0.467 e. The van der Waals surface area contributed by atoms with Gasteiger partial charge in [-0.2, -0.15) is 5.10 Å². The Labute approximate surface area is 121 Å². The number of carbonyl (C=O) groups is 2. The van der Waals surface area contributed by atoms with Crippen LogP contribution in [0.3, 0.4) is 0 Å². The highest BCUT2D eigenvalue weighted by Crippen LogP contribution is 2.06. The molecule has 0 aliphatic carbocycles. The smallest absolute Gasteiger partial charge is 0.336 e. The second-order valence-corrected chi connectivity index (χ2v) is 4.23. The van der Waals surface area contributed by atoms with Gasteiger partial charge in [0.25, 0.3) is 5.91 Å². The number of benzene rings is 1. The van der Waals surface area contributed by atoms with Crippen molar-refractivity contribution in [1.29, 1.82) is 0 Å². The van der Waals surface area contributed by atoms with Crippen molar-refractivity contribution in [3.05, 3.63) is 48.3 Å². The van der Waals surface area contributed by atoms with E-state index in [2.05, 4.69) is 15.2 Å². The van der Waals surface area contributed by atoms with Gasteiger partial charge in [0.15, 0.2) is 11.8 Å². The summed E-state index contributed by atoms with van der Waals surface area (Å²) in [7, 11) is 1.16. The number of carbonyl (C=O) groups excluding carboxylic acids is 2. The molecule has 1 unspecified atom stereocenters. The van der Waals surface area contributed by atoms with Crippen molar-refractivity contribution in [3.8, 4) is 5.69 Å². The fourth-order valence-corrected chi connectivity index (χ4v) is 1.67. The fraction of sp³-hybridized carbons (Fsp3) is 0.214. The highest BCUT2D eigenvalue weighted by atomic mass is 16.5. The van der Waals surface area contributed by atoms with Gasteiger partial charge < -0.3 is 15.2 Å². The van der Waals surface area contributed by atoms with E-state index >= 15 is 0 Å². The van der Waals surface area contributed by atoms with Crippen LogP contribution in [0.5, 0.6) is 0 Å². The first-order valence-electron chi connectivity index (χ1n) is 6.27. The molecular formula is C14H15N3O4. The van der Waals surface area contributed by atoms with Gasteiger partial charge in [0, 0.05) is 6.20 Å². The molecule has 0 fully saturated rings. The van der Waals surface area contributed by atoms with Crippen molar-refractivity contribution < 1.29 is 19.4 Å². The Balaban J connectivity index is 1.98. The molecule has 0 saturated heterocycles. The number of amides is 1. The molecule has 0 radical (unpaired) electrons. The number of para-hydroxylation sites is 1. The summed E-state index contributed by atoms with van der Waals surface area (Å²) in [4.78, 5) is 22.9. The lowest BCUT2D eigenvalue weighted by atomic mass is 10.3. The summed E-state index contributed by atoms with van der Waals surface area (Å²) in [5, 5.41) is 15.9. The third-order valence-corrected chi connectivity index (χ3v) is 2.77. The molecule has 2 N–H and O–H groups in total. The Hall–Kier alpha value is -2.67. The Morgan fingerprint density at radius 3 is 2.71 bits per heavy atom. The minimum Gasteiger partial charge on any atom is -0.467 e. The highest BCUT2D eigenvalue weighted by Gasteiger charge is 2.17. The number of methoxy groups -OCH3 is 1. The molecule has 0 spiro atoms. The molecule has 2 aromatic rings. The number of nitrogens with one attached hydrogen (secondary N) is 1. The van der Waals surface area contributed by atoms with Crippen molar-refractivity contribution in [2.75, 3.05) is 13.7 Å². The summed E-state index contributed by atoms with van der Waals surface area (Å²) in [5.74, 6) is -1.28. The maximum absolute atomic E-state index is 11.9. The first-order chi connectivity index (χ1) is 10.1. The standard InChI is InChI=1S/C14H15N3O4/c1-21-14(20)12(18)9-15-13(19)11-7-8-17(16-11)10-5-3-2-4-6-10/h2-8,12,18H,9H2,1H3,(H,15,19). The molecule has 110 valence electrons. The van der Waals surface area contributed by atoms with E-state index in [9.17, 15) is 14.7 Å². The van der Waals surface area contributed by atoms with Crippen molar-refractivity contribution in [3.63, 3.8) is 0 Å². The quantitative estimate of drug-likeness (QED) is 0.763. The second-order valence-electron chi connectivity index (χ2n) is 4.23. The molecule has 7 nitrogen and oxygen atoms in total. The van der Waals surface area contributed by atoms with Crippen LogP contribution in [0.25, 0.3) is 5.69 Å². The molecular weight excluding hydrogens is 274 g/mol. The molecule has 1 amide bonds. The predicted octanol–water partition coefficient (Wildman–Crippen LogP) is 0.136. The fourth-order valence-electron chi connectivity index (χ4n) is 1.67. The van der Waals surface area contributed by atoms with Gasteiger partial charge in [0.2, 0.25) is 0 Å². The molecule has 0 aliphatic rings. The van der Waals surface area contributed by atoms with Gasteiger partial charge >= 0.3 is 5.97 Å². The van der Waals surface area contributed by atoms with Gasteiger partial charge in [-0.05, 0) is 18.2 Å². The Bertz CT molecular complexity index is 624. The van der Waals surface area contributed by atoms with E-state index in [0.29, 0.717) is 0 Å². The van der Waals surface area contributed by atoms with Crippen LogP contribution in [0.4, 0.5) is 0 Å². The van der Waals surface area contributed by atoms with E-state index in [-0.39, 0.29) is 12.2 Å². The SMILES string of the molecule is COC(=O)C(O)CNC(=O)c1ccn(-c2ccccc2)n1. The Kier molecular flexibility index (Phi) is 4.68. The van der Waals surface area contributed by atoms with Crippen molar-refractivity contribution >= 4 is 11.9 Å². The number of nitrogens with zero attached hydrogens (tertiary/aromatic N) is 2. The zero-order valence-electron chi connectivity index (χ0n) is 11.4. The van der Waals surface area contributed by atoms with Gasteiger partial charge in [-0.3, -0.25) is 4.79 Å². The summed E-state index contributed by atoms with van der Waals surface area (Å²) in [5.41, 5.74) is 1.02.